The van der Waals surface area contributed by atoms with Gasteiger partial charge in [0.15, 0.2) is 5.69 Å². The fourth-order valence-corrected chi connectivity index (χ4v) is 2.85. The zero-order valence-corrected chi connectivity index (χ0v) is 15.2. The summed E-state index contributed by atoms with van der Waals surface area (Å²) in [6.07, 6.45) is -3.88. The smallest absolute Gasteiger partial charge is 0.337 e. The number of rotatable bonds is 4. The molecule has 0 aliphatic rings. The highest BCUT2D eigenvalue weighted by molar-refractivity contribution is 5.95. The molecule has 0 saturated heterocycles. The van der Waals surface area contributed by atoms with Gasteiger partial charge in [-0.1, -0.05) is 29.8 Å². The van der Waals surface area contributed by atoms with Crippen LogP contribution in [0.3, 0.4) is 0 Å². The zero-order chi connectivity index (χ0) is 20.5. The minimum absolute atomic E-state index is 0.0381. The predicted molar refractivity (Wildman–Crippen MR) is 95.5 cm³/mol. The molecule has 0 aliphatic carbocycles. The normalized spacial score (nSPS) is 11.5. The van der Waals surface area contributed by atoms with Crippen LogP contribution in [-0.4, -0.2) is 27.6 Å². The van der Waals surface area contributed by atoms with Crippen LogP contribution in [0.5, 0.6) is 0 Å². The molecule has 0 saturated carbocycles. The number of nitrogens with zero attached hydrogens (tertiary/aromatic N) is 3. The number of carbonyl (C=O) groups is 1. The van der Waals surface area contributed by atoms with E-state index in [1.54, 1.807) is 18.2 Å². The quantitative estimate of drug-likeness (QED) is 0.609. The van der Waals surface area contributed by atoms with Crippen molar-refractivity contribution in [1.29, 1.82) is 0 Å². The minimum Gasteiger partial charge on any atom is -0.337 e. The van der Waals surface area contributed by atoms with E-state index < -0.39 is 29.2 Å². The van der Waals surface area contributed by atoms with Gasteiger partial charge in [-0.25, -0.2) is 9.07 Å². The van der Waals surface area contributed by atoms with Gasteiger partial charge in [0, 0.05) is 13.6 Å². The number of alkyl halides is 3. The number of aryl methyl sites for hydroxylation is 1. The molecule has 0 radical (unpaired) electrons. The molecule has 0 atom stereocenters. The van der Waals surface area contributed by atoms with Crippen molar-refractivity contribution >= 4 is 5.91 Å². The van der Waals surface area contributed by atoms with Crippen molar-refractivity contribution in [3.05, 3.63) is 82.9 Å². The molecule has 3 rings (SSSR count). The number of benzene rings is 2. The lowest BCUT2D eigenvalue weighted by Gasteiger charge is -2.19. The molecular weight excluding hydrogens is 374 g/mol. The van der Waals surface area contributed by atoms with Crippen LogP contribution >= 0.6 is 0 Å². The Balaban J connectivity index is 1.96. The number of hydrogen-bond donors (Lipinski definition) is 0. The van der Waals surface area contributed by atoms with Crippen LogP contribution in [0.4, 0.5) is 17.6 Å². The zero-order valence-electron chi connectivity index (χ0n) is 15.2. The third-order valence-corrected chi connectivity index (χ3v) is 4.20. The molecule has 0 fully saturated rings. The second kappa shape index (κ2) is 7.46. The first kappa shape index (κ1) is 19.6. The Bertz CT molecular complexity index is 993. The standard InChI is InChI=1S/C20H17F4N3O/c1-13-6-8-16(9-7-13)27-18(20(22,23)24)17(11-25-27)19(28)26(2)12-14-4-3-5-15(21)10-14/h3-11H,12H2,1-2H3. The first-order valence-corrected chi connectivity index (χ1v) is 8.39. The van der Waals surface area contributed by atoms with Crippen molar-refractivity contribution in [2.75, 3.05) is 7.05 Å². The van der Waals surface area contributed by atoms with Gasteiger partial charge in [0.05, 0.1) is 17.4 Å². The van der Waals surface area contributed by atoms with Crippen molar-refractivity contribution in [3.8, 4) is 5.69 Å². The van der Waals surface area contributed by atoms with E-state index >= 15 is 0 Å². The predicted octanol–water partition coefficient (Wildman–Crippen LogP) is 4.61. The molecule has 4 nitrogen and oxygen atoms in total. The molecule has 1 aromatic heterocycles. The van der Waals surface area contributed by atoms with Gasteiger partial charge >= 0.3 is 6.18 Å². The highest BCUT2D eigenvalue weighted by atomic mass is 19.4. The second-order valence-electron chi connectivity index (χ2n) is 6.44. The first-order chi connectivity index (χ1) is 13.2. The number of amides is 1. The highest BCUT2D eigenvalue weighted by Gasteiger charge is 2.41. The molecule has 0 N–H and O–H groups in total. The Morgan fingerprint density at radius 1 is 1.14 bits per heavy atom. The molecule has 28 heavy (non-hydrogen) atoms. The molecule has 0 unspecified atom stereocenters. The maximum atomic E-state index is 13.7. The van der Waals surface area contributed by atoms with Crippen LogP contribution in [-0.2, 0) is 12.7 Å². The fraction of sp³-hybridized carbons (Fsp3) is 0.200. The Kier molecular flexibility index (Phi) is 5.22. The fourth-order valence-electron chi connectivity index (χ4n) is 2.85. The Morgan fingerprint density at radius 3 is 2.43 bits per heavy atom. The Hall–Kier alpha value is -3.16. The van der Waals surface area contributed by atoms with Gasteiger partial charge in [-0.05, 0) is 36.8 Å². The summed E-state index contributed by atoms with van der Waals surface area (Å²) in [5.41, 5.74) is -0.157. The van der Waals surface area contributed by atoms with Crippen LogP contribution in [0.15, 0.2) is 54.7 Å². The van der Waals surface area contributed by atoms with Gasteiger partial charge in [0.25, 0.3) is 5.91 Å². The highest BCUT2D eigenvalue weighted by Crippen LogP contribution is 2.34. The van der Waals surface area contributed by atoms with Gasteiger partial charge in [-0.3, -0.25) is 4.79 Å². The monoisotopic (exact) mass is 391 g/mol. The number of hydrogen-bond acceptors (Lipinski definition) is 2. The van der Waals surface area contributed by atoms with Crippen molar-refractivity contribution < 1.29 is 22.4 Å². The Labute approximate surface area is 159 Å². The minimum atomic E-state index is -4.79. The third kappa shape index (κ3) is 4.05. The molecule has 8 heteroatoms. The lowest BCUT2D eigenvalue weighted by atomic mass is 10.1. The van der Waals surface area contributed by atoms with Crippen molar-refractivity contribution in [3.63, 3.8) is 0 Å². The van der Waals surface area contributed by atoms with Crippen LogP contribution < -0.4 is 0 Å². The molecule has 146 valence electrons. The molecule has 1 heterocycles. The van der Waals surface area contributed by atoms with Crippen molar-refractivity contribution in [1.82, 2.24) is 14.7 Å². The molecule has 2 aromatic carbocycles. The summed E-state index contributed by atoms with van der Waals surface area (Å²) in [5, 5.41) is 3.80. The second-order valence-corrected chi connectivity index (χ2v) is 6.44. The van der Waals surface area contributed by atoms with E-state index in [4.69, 9.17) is 0 Å². The van der Waals surface area contributed by atoms with E-state index in [-0.39, 0.29) is 12.2 Å². The lowest BCUT2D eigenvalue weighted by Crippen LogP contribution is -2.28. The summed E-state index contributed by atoms with van der Waals surface area (Å²) in [5.74, 6) is -1.34. The third-order valence-electron chi connectivity index (χ3n) is 4.20. The molecule has 0 spiro atoms. The van der Waals surface area contributed by atoms with E-state index in [0.29, 0.717) is 10.2 Å². The summed E-state index contributed by atoms with van der Waals surface area (Å²) in [4.78, 5) is 13.8. The summed E-state index contributed by atoms with van der Waals surface area (Å²) in [7, 11) is 1.36. The summed E-state index contributed by atoms with van der Waals surface area (Å²) >= 11 is 0. The van der Waals surface area contributed by atoms with Crippen LogP contribution in [0.25, 0.3) is 5.69 Å². The molecule has 3 aromatic rings. The summed E-state index contributed by atoms with van der Waals surface area (Å²) < 4.78 is 55.2. The van der Waals surface area contributed by atoms with Crippen molar-refractivity contribution in [2.45, 2.75) is 19.6 Å². The average molecular weight is 391 g/mol. The van der Waals surface area contributed by atoms with Crippen LogP contribution in [0, 0.1) is 12.7 Å². The SMILES string of the molecule is Cc1ccc(-n2ncc(C(=O)N(C)Cc3cccc(F)c3)c2C(F)(F)F)cc1. The van der Waals surface area contributed by atoms with E-state index in [2.05, 4.69) is 5.10 Å². The largest absolute Gasteiger partial charge is 0.434 e. The van der Waals surface area contributed by atoms with Crippen LogP contribution in [0.2, 0.25) is 0 Å². The number of halogens is 4. The molecule has 1 amide bonds. The van der Waals surface area contributed by atoms with Gasteiger partial charge < -0.3 is 4.90 Å². The number of aromatic nitrogens is 2. The summed E-state index contributed by atoms with van der Waals surface area (Å²) in [6, 6.07) is 11.9. The van der Waals surface area contributed by atoms with Gasteiger partial charge in [0.1, 0.15) is 5.82 Å². The van der Waals surface area contributed by atoms with E-state index in [9.17, 15) is 22.4 Å². The molecule has 0 bridgehead atoms. The Morgan fingerprint density at radius 2 is 1.82 bits per heavy atom. The van der Waals surface area contributed by atoms with E-state index in [1.807, 2.05) is 6.92 Å². The summed E-state index contributed by atoms with van der Waals surface area (Å²) in [6.45, 7) is 1.78. The van der Waals surface area contributed by atoms with E-state index in [0.717, 1.165) is 16.7 Å². The van der Waals surface area contributed by atoms with Gasteiger partial charge in [-0.2, -0.15) is 18.3 Å². The van der Waals surface area contributed by atoms with E-state index in [1.165, 1.54) is 37.4 Å². The average Bonchev–Trinajstić information content (AvgIpc) is 3.07. The topological polar surface area (TPSA) is 38.1 Å². The van der Waals surface area contributed by atoms with Crippen LogP contribution in [0.1, 0.15) is 27.2 Å². The van der Waals surface area contributed by atoms with Gasteiger partial charge in [0.2, 0.25) is 0 Å². The lowest BCUT2D eigenvalue weighted by molar-refractivity contribution is -0.143. The first-order valence-electron chi connectivity index (χ1n) is 8.39. The molecular formula is C20H17F4N3O. The maximum Gasteiger partial charge on any atom is 0.434 e. The number of carbonyl (C=O) groups excluding carboxylic acids is 1. The maximum absolute atomic E-state index is 13.7. The molecule has 0 aliphatic heterocycles. The van der Waals surface area contributed by atoms with Gasteiger partial charge in [-0.15, -0.1) is 0 Å². The van der Waals surface area contributed by atoms with Crippen molar-refractivity contribution in [2.24, 2.45) is 0 Å².